The second-order valence-corrected chi connectivity index (χ2v) is 4.63. The summed E-state index contributed by atoms with van der Waals surface area (Å²) >= 11 is 0. The zero-order valence-corrected chi connectivity index (χ0v) is 9.82. The molecule has 0 saturated heterocycles. The average Bonchev–Trinajstić information content (AvgIpc) is 2.65. The molecule has 1 aromatic rings. The Labute approximate surface area is 95.4 Å². The molecule has 0 spiro atoms. The van der Waals surface area contributed by atoms with Gasteiger partial charge in [-0.3, -0.25) is 4.79 Å². The Bertz CT molecular complexity index is 365. The van der Waals surface area contributed by atoms with E-state index in [-0.39, 0.29) is 5.92 Å². The number of anilines is 1. The van der Waals surface area contributed by atoms with Crippen molar-refractivity contribution in [3.8, 4) is 0 Å². The normalized spacial score (nSPS) is 25.4. The molecular weight excluding hydrogens is 204 g/mol. The van der Waals surface area contributed by atoms with Gasteiger partial charge in [-0.1, -0.05) is 5.16 Å². The number of nitrogens with zero attached hydrogens (tertiary/aromatic N) is 1. The Morgan fingerprint density at radius 2 is 2.12 bits per heavy atom. The molecule has 0 amide bonds. The standard InChI is InChI=1S/C12H18N2O2/c1-8-7-12(14-16-8)13-11-5-3-10(4-6-11)9(2)15/h7,10-11H,3-6H2,1-2H3,(H,13,14). The molecule has 1 heterocycles. The van der Waals surface area contributed by atoms with Crippen LogP contribution in [0.15, 0.2) is 10.6 Å². The van der Waals surface area contributed by atoms with Crippen LogP contribution in [0.1, 0.15) is 38.4 Å². The SMILES string of the molecule is CC(=O)C1CCC(Nc2cc(C)on2)CC1. The molecule has 0 unspecified atom stereocenters. The molecule has 0 bridgehead atoms. The van der Waals surface area contributed by atoms with Gasteiger partial charge in [0, 0.05) is 18.0 Å². The number of carbonyl (C=O) groups is 1. The van der Waals surface area contributed by atoms with Crippen LogP contribution in [0, 0.1) is 12.8 Å². The molecule has 1 N–H and O–H groups in total. The average molecular weight is 222 g/mol. The zero-order chi connectivity index (χ0) is 11.5. The first-order valence-corrected chi connectivity index (χ1v) is 5.85. The van der Waals surface area contributed by atoms with E-state index in [9.17, 15) is 4.79 Å². The number of Topliss-reactive ketones (excluding diaryl/α,β-unsaturated/α-hetero) is 1. The van der Waals surface area contributed by atoms with Crippen LogP contribution in [0.5, 0.6) is 0 Å². The Kier molecular flexibility index (Phi) is 3.27. The molecule has 1 aromatic heterocycles. The fraction of sp³-hybridized carbons (Fsp3) is 0.667. The highest BCUT2D eigenvalue weighted by Gasteiger charge is 2.24. The molecule has 1 aliphatic rings. The number of hydrogen-bond donors (Lipinski definition) is 1. The smallest absolute Gasteiger partial charge is 0.169 e. The first kappa shape index (κ1) is 11.2. The van der Waals surface area contributed by atoms with Crippen molar-refractivity contribution in [2.24, 2.45) is 5.92 Å². The highest BCUT2D eigenvalue weighted by molar-refractivity contribution is 5.78. The topological polar surface area (TPSA) is 55.1 Å². The lowest BCUT2D eigenvalue weighted by molar-refractivity contribution is -0.121. The van der Waals surface area contributed by atoms with E-state index in [1.165, 1.54) is 0 Å². The van der Waals surface area contributed by atoms with Crippen LogP contribution in [0.25, 0.3) is 0 Å². The molecule has 1 saturated carbocycles. The first-order valence-electron chi connectivity index (χ1n) is 5.85. The number of rotatable bonds is 3. The van der Waals surface area contributed by atoms with Gasteiger partial charge in [0.15, 0.2) is 5.82 Å². The Balaban J connectivity index is 1.83. The van der Waals surface area contributed by atoms with E-state index in [0.29, 0.717) is 11.8 Å². The fourth-order valence-corrected chi connectivity index (χ4v) is 2.29. The molecule has 0 radical (unpaired) electrons. The van der Waals surface area contributed by atoms with Gasteiger partial charge in [0.25, 0.3) is 0 Å². The predicted octanol–water partition coefficient (Wildman–Crippen LogP) is 2.54. The number of hydrogen-bond acceptors (Lipinski definition) is 4. The third-order valence-corrected chi connectivity index (χ3v) is 3.28. The van der Waals surface area contributed by atoms with Gasteiger partial charge in [0.1, 0.15) is 11.5 Å². The van der Waals surface area contributed by atoms with Crippen molar-refractivity contribution in [1.82, 2.24) is 5.16 Å². The van der Waals surface area contributed by atoms with Gasteiger partial charge in [-0.15, -0.1) is 0 Å². The molecule has 0 atom stereocenters. The van der Waals surface area contributed by atoms with Gasteiger partial charge in [-0.25, -0.2) is 0 Å². The molecule has 4 nitrogen and oxygen atoms in total. The maximum atomic E-state index is 11.2. The van der Waals surface area contributed by atoms with Crippen LogP contribution >= 0.6 is 0 Å². The molecule has 1 aliphatic carbocycles. The lowest BCUT2D eigenvalue weighted by atomic mass is 9.84. The second-order valence-electron chi connectivity index (χ2n) is 4.63. The van der Waals surface area contributed by atoms with Crippen molar-refractivity contribution >= 4 is 11.6 Å². The summed E-state index contributed by atoms with van der Waals surface area (Å²) in [4.78, 5) is 11.2. The van der Waals surface area contributed by atoms with Crippen molar-refractivity contribution in [2.45, 2.75) is 45.6 Å². The Hall–Kier alpha value is -1.32. The minimum Gasteiger partial charge on any atom is -0.365 e. The number of nitrogens with one attached hydrogen (secondary N) is 1. The molecule has 4 heteroatoms. The monoisotopic (exact) mass is 222 g/mol. The first-order chi connectivity index (χ1) is 7.65. The van der Waals surface area contributed by atoms with E-state index in [4.69, 9.17) is 4.52 Å². The zero-order valence-electron chi connectivity index (χ0n) is 9.82. The number of aromatic nitrogens is 1. The number of ketones is 1. The molecule has 0 aromatic carbocycles. The minimum atomic E-state index is 0.275. The van der Waals surface area contributed by atoms with Crippen LogP contribution in [0.4, 0.5) is 5.82 Å². The van der Waals surface area contributed by atoms with Crippen molar-refractivity contribution in [3.05, 3.63) is 11.8 Å². The van der Waals surface area contributed by atoms with Gasteiger partial charge >= 0.3 is 0 Å². The summed E-state index contributed by atoms with van der Waals surface area (Å²) in [7, 11) is 0. The van der Waals surface area contributed by atoms with Gasteiger partial charge < -0.3 is 9.84 Å². The number of aryl methyl sites for hydroxylation is 1. The molecule has 2 rings (SSSR count). The Morgan fingerprint density at radius 1 is 1.44 bits per heavy atom. The van der Waals surface area contributed by atoms with Crippen molar-refractivity contribution < 1.29 is 9.32 Å². The van der Waals surface area contributed by atoms with Crippen LogP contribution in [-0.2, 0) is 4.79 Å². The summed E-state index contributed by atoms with van der Waals surface area (Å²) in [5.74, 6) is 2.23. The van der Waals surface area contributed by atoms with Gasteiger partial charge in [-0.05, 0) is 39.5 Å². The summed E-state index contributed by atoms with van der Waals surface area (Å²) in [6, 6.07) is 2.33. The minimum absolute atomic E-state index is 0.275. The summed E-state index contributed by atoms with van der Waals surface area (Å²) in [5, 5.41) is 7.26. The van der Waals surface area contributed by atoms with Crippen molar-refractivity contribution in [3.63, 3.8) is 0 Å². The molecule has 88 valence electrons. The summed E-state index contributed by atoms with van der Waals surface area (Å²) in [6.45, 7) is 3.57. The second kappa shape index (κ2) is 4.68. The van der Waals surface area contributed by atoms with E-state index in [2.05, 4.69) is 10.5 Å². The van der Waals surface area contributed by atoms with E-state index < -0.39 is 0 Å². The van der Waals surface area contributed by atoms with E-state index in [0.717, 1.165) is 37.3 Å². The van der Waals surface area contributed by atoms with E-state index in [1.54, 1.807) is 6.92 Å². The van der Waals surface area contributed by atoms with Gasteiger partial charge in [0.2, 0.25) is 0 Å². The van der Waals surface area contributed by atoms with Gasteiger partial charge in [0.05, 0.1) is 0 Å². The Morgan fingerprint density at radius 3 is 2.62 bits per heavy atom. The van der Waals surface area contributed by atoms with Gasteiger partial charge in [-0.2, -0.15) is 0 Å². The maximum absolute atomic E-state index is 11.2. The third kappa shape index (κ3) is 2.62. The van der Waals surface area contributed by atoms with E-state index in [1.807, 2.05) is 13.0 Å². The fourth-order valence-electron chi connectivity index (χ4n) is 2.29. The lowest BCUT2D eigenvalue weighted by Crippen LogP contribution is -2.28. The molecule has 16 heavy (non-hydrogen) atoms. The summed E-state index contributed by atoms with van der Waals surface area (Å²) in [5.41, 5.74) is 0. The number of carbonyl (C=O) groups excluding carboxylic acids is 1. The maximum Gasteiger partial charge on any atom is 0.169 e. The summed E-state index contributed by atoms with van der Waals surface area (Å²) in [6.07, 6.45) is 4.06. The van der Waals surface area contributed by atoms with Crippen LogP contribution in [0.2, 0.25) is 0 Å². The molecular formula is C12H18N2O2. The third-order valence-electron chi connectivity index (χ3n) is 3.28. The van der Waals surface area contributed by atoms with Crippen molar-refractivity contribution in [1.29, 1.82) is 0 Å². The lowest BCUT2D eigenvalue weighted by Gasteiger charge is -2.27. The quantitative estimate of drug-likeness (QED) is 0.853. The van der Waals surface area contributed by atoms with E-state index >= 15 is 0 Å². The van der Waals surface area contributed by atoms with Crippen LogP contribution < -0.4 is 5.32 Å². The highest BCUT2D eigenvalue weighted by Crippen LogP contribution is 2.26. The van der Waals surface area contributed by atoms with Crippen LogP contribution in [-0.4, -0.2) is 17.0 Å². The predicted molar refractivity (Wildman–Crippen MR) is 61.3 cm³/mol. The molecule has 1 fully saturated rings. The summed E-state index contributed by atoms with van der Waals surface area (Å²) < 4.78 is 5.00. The van der Waals surface area contributed by atoms with Crippen molar-refractivity contribution in [2.75, 3.05) is 5.32 Å². The largest absolute Gasteiger partial charge is 0.365 e. The van der Waals surface area contributed by atoms with Crippen LogP contribution in [0.3, 0.4) is 0 Å². The molecule has 0 aliphatic heterocycles. The highest BCUT2D eigenvalue weighted by atomic mass is 16.5.